The third-order valence-corrected chi connectivity index (χ3v) is 3.85. The Labute approximate surface area is 114 Å². The number of fused-ring (bicyclic) bond motifs is 1. The summed E-state index contributed by atoms with van der Waals surface area (Å²) < 4.78 is 0. The van der Waals surface area contributed by atoms with E-state index < -0.39 is 0 Å². The summed E-state index contributed by atoms with van der Waals surface area (Å²) in [6.45, 7) is 5.85. The average Bonchev–Trinajstić information content (AvgIpc) is 2.87. The summed E-state index contributed by atoms with van der Waals surface area (Å²) >= 11 is 0. The van der Waals surface area contributed by atoms with Crippen LogP contribution in [0.3, 0.4) is 0 Å². The van der Waals surface area contributed by atoms with Gasteiger partial charge >= 0.3 is 0 Å². The molecule has 3 rings (SSSR count). The number of pyridine rings is 1. The SMILES string of the molecule is CCCN1CCC(Nc2cccc3cnccc23)C1. The molecule has 2 aromatic rings. The van der Waals surface area contributed by atoms with Crippen molar-refractivity contribution < 1.29 is 0 Å². The lowest BCUT2D eigenvalue weighted by atomic mass is 10.1. The van der Waals surface area contributed by atoms with Gasteiger partial charge in [0.15, 0.2) is 0 Å². The van der Waals surface area contributed by atoms with Gasteiger partial charge in [-0.2, -0.15) is 0 Å². The second-order valence-electron chi connectivity index (χ2n) is 5.33. The van der Waals surface area contributed by atoms with E-state index >= 15 is 0 Å². The molecule has 2 heterocycles. The maximum atomic E-state index is 4.19. The molecule has 1 atom stereocenters. The van der Waals surface area contributed by atoms with Crippen LogP contribution in [0.15, 0.2) is 36.7 Å². The van der Waals surface area contributed by atoms with Gasteiger partial charge < -0.3 is 10.2 Å². The Morgan fingerprint density at radius 3 is 3.21 bits per heavy atom. The third-order valence-electron chi connectivity index (χ3n) is 3.85. The van der Waals surface area contributed by atoms with E-state index in [1.165, 1.54) is 42.4 Å². The number of hydrogen-bond donors (Lipinski definition) is 1. The van der Waals surface area contributed by atoms with Gasteiger partial charge in [0.25, 0.3) is 0 Å². The van der Waals surface area contributed by atoms with Crippen LogP contribution in [-0.4, -0.2) is 35.6 Å². The zero-order valence-corrected chi connectivity index (χ0v) is 11.5. The van der Waals surface area contributed by atoms with Gasteiger partial charge in [0.2, 0.25) is 0 Å². The predicted octanol–water partition coefficient (Wildman–Crippen LogP) is 3.13. The Kier molecular flexibility index (Phi) is 3.65. The maximum absolute atomic E-state index is 4.19. The van der Waals surface area contributed by atoms with E-state index in [0.717, 1.165) is 6.54 Å². The second-order valence-corrected chi connectivity index (χ2v) is 5.33. The molecule has 0 saturated carbocycles. The van der Waals surface area contributed by atoms with Gasteiger partial charge in [-0.15, -0.1) is 0 Å². The number of likely N-dealkylation sites (tertiary alicyclic amines) is 1. The lowest BCUT2D eigenvalue weighted by Crippen LogP contribution is -2.26. The average molecular weight is 255 g/mol. The molecule has 0 spiro atoms. The van der Waals surface area contributed by atoms with Crippen LogP contribution in [0.2, 0.25) is 0 Å². The molecule has 19 heavy (non-hydrogen) atoms. The highest BCUT2D eigenvalue weighted by Gasteiger charge is 2.21. The Bertz CT molecular complexity index is 547. The Hall–Kier alpha value is -1.61. The van der Waals surface area contributed by atoms with Crippen LogP contribution in [0, 0.1) is 0 Å². The normalized spacial score (nSPS) is 19.9. The van der Waals surface area contributed by atoms with Crippen molar-refractivity contribution >= 4 is 16.5 Å². The molecule has 100 valence electrons. The predicted molar refractivity (Wildman–Crippen MR) is 80.5 cm³/mol. The summed E-state index contributed by atoms with van der Waals surface area (Å²) in [4.78, 5) is 6.73. The van der Waals surface area contributed by atoms with Crippen molar-refractivity contribution in [2.45, 2.75) is 25.8 Å². The molecule has 1 unspecified atom stereocenters. The highest BCUT2D eigenvalue weighted by atomic mass is 15.2. The van der Waals surface area contributed by atoms with Crippen molar-refractivity contribution in [1.82, 2.24) is 9.88 Å². The first kappa shape index (κ1) is 12.4. The summed E-state index contributed by atoms with van der Waals surface area (Å²) in [5, 5.41) is 6.18. The molecule has 1 saturated heterocycles. The minimum Gasteiger partial charge on any atom is -0.380 e. The van der Waals surface area contributed by atoms with E-state index in [2.05, 4.69) is 46.4 Å². The summed E-state index contributed by atoms with van der Waals surface area (Å²) in [5.41, 5.74) is 1.24. The number of rotatable bonds is 4. The summed E-state index contributed by atoms with van der Waals surface area (Å²) in [5.74, 6) is 0. The molecule has 0 amide bonds. The summed E-state index contributed by atoms with van der Waals surface area (Å²) in [6, 6.07) is 9.06. The van der Waals surface area contributed by atoms with Crippen molar-refractivity contribution in [3.8, 4) is 0 Å². The molecule has 1 aliphatic rings. The van der Waals surface area contributed by atoms with Crippen molar-refractivity contribution in [2.75, 3.05) is 25.0 Å². The van der Waals surface area contributed by atoms with Crippen molar-refractivity contribution in [2.24, 2.45) is 0 Å². The van der Waals surface area contributed by atoms with E-state index in [0.29, 0.717) is 6.04 Å². The number of anilines is 1. The van der Waals surface area contributed by atoms with Crippen molar-refractivity contribution in [1.29, 1.82) is 0 Å². The smallest absolute Gasteiger partial charge is 0.0423 e. The topological polar surface area (TPSA) is 28.2 Å². The lowest BCUT2D eigenvalue weighted by Gasteiger charge is -2.17. The van der Waals surface area contributed by atoms with Gasteiger partial charge in [-0.3, -0.25) is 4.98 Å². The van der Waals surface area contributed by atoms with E-state index in [1.807, 2.05) is 12.4 Å². The molecule has 3 nitrogen and oxygen atoms in total. The second kappa shape index (κ2) is 5.57. The van der Waals surface area contributed by atoms with Gasteiger partial charge in [0.05, 0.1) is 0 Å². The maximum Gasteiger partial charge on any atom is 0.0423 e. The van der Waals surface area contributed by atoms with Crippen LogP contribution in [0.5, 0.6) is 0 Å². The molecule has 0 bridgehead atoms. The molecule has 3 heteroatoms. The highest BCUT2D eigenvalue weighted by molar-refractivity contribution is 5.93. The van der Waals surface area contributed by atoms with Crippen molar-refractivity contribution in [3.05, 3.63) is 36.7 Å². The monoisotopic (exact) mass is 255 g/mol. The largest absolute Gasteiger partial charge is 0.380 e. The quantitative estimate of drug-likeness (QED) is 0.909. The fourth-order valence-electron chi connectivity index (χ4n) is 2.94. The van der Waals surface area contributed by atoms with E-state index in [-0.39, 0.29) is 0 Å². The zero-order chi connectivity index (χ0) is 13.1. The fraction of sp³-hybridized carbons (Fsp3) is 0.438. The molecule has 1 aromatic heterocycles. The summed E-state index contributed by atoms with van der Waals surface area (Å²) in [6.07, 6.45) is 6.28. The van der Waals surface area contributed by atoms with Gasteiger partial charge in [0.1, 0.15) is 0 Å². The Morgan fingerprint density at radius 2 is 2.32 bits per heavy atom. The minimum absolute atomic E-state index is 0.574. The van der Waals surface area contributed by atoms with E-state index in [9.17, 15) is 0 Å². The number of aromatic nitrogens is 1. The lowest BCUT2D eigenvalue weighted by molar-refractivity contribution is 0.337. The molecule has 1 N–H and O–H groups in total. The van der Waals surface area contributed by atoms with Crippen LogP contribution in [-0.2, 0) is 0 Å². The first-order chi connectivity index (χ1) is 9.36. The standard InChI is InChI=1S/C16H21N3/c1-2-9-19-10-7-14(12-19)18-16-5-3-4-13-11-17-8-6-15(13)16/h3-6,8,11,14,18H,2,7,9-10,12H2,1H3. The van der Waals surface area contributed by atoms with Gasteiger partial charge in [-0.05, 0) is 31.5 Å². The summed E-state index contributed by atoms with van der Waals surface area (Å²) in [7, 11) is 0. The third kappa shape index (κ3) is 2.71. The first-order valence-corrected chi connectivity index (χ1v) is 7.18. The van der Waals surface area contributed by atoms with E-state index in [1.54, 1.807) is 0 Å². The fourth-order valence-corrected chi connectivity index (χ4v) is 2.94. The van der Waals surface area contributed by atoms with Crippen LogP contribution < -0.4 is 5.32 Å². The molecule has 1 aromatic carbocycles. The van der Waals surface area contributed by atoms with Crippen LogP contribution in [0.4, 0.5) is 5.69 Å². The molecular weight excluding hydrogens is 234 g/mol. The van der Waals surface area contributed by atoms with Crippen LogP contribution in [0.1, 0.15) is 19.8 Å². The minimum atomic E-state index is 0.574. The van der Waals surface area contributed by atoms with Gasteiger partial charge in [0, 0.05) is 48.0 Å². The molecule has 0 radical (unpaired) electrons. The number of hydrogen-bond acceptors (Lipinski definition) is 3. The molecule has 0 aliphatic carbocycles. The van der Waals surface area contributed by atoms with Crippen LogP contribution in [0.25, 0.3) is 10.8 Å². The Balaban J connectivity index is 1.75. The zero-order valence-electron chi connectivity index (χ0n) is 11.5. The Morgan fingerprint density at radius 1 is 1.37 bits per heavy atom. The van der Waals surface area contributed by atoms with Crippen molar-refractivity contribution in [3.63, 3.8) is 0 Å². The van der Waals surface area contributed by atoms with Gasteiger partial charge in [-0.25, -0.2) is 0 Å². The van der Waals surface area contributed by atoms with Gasteiger partial charge in [-0.1, -0.05) is 19.1 Å². The number of nitrogens with one attached hydrogen (secondary N) is 1. The number of benzene rings is 1. The van der Waals surface area contributed by atoms with Crippen LogP contribution >= 0.6 is 0 Å². The molecule has 1 fully saturated rings. The van der Waals surface area contributed by atoms with E-state index in [4.69, 9.17) is 0 Å². The first-order valence-electron chi connectivity index (χ1n) is 7.18. The highest BCUT2D eigenvalue weighted by Crippen LogP contribution is 2.24. The number of nitrogens with zero attached hydrogens (tertiary/aromatic N) is 2. The molecular formula is C16H21N3. The molecule has 1 aliphatic heterocycles.